The lowest BCUT2D eigenvalue weighted by Gasteiger charge is -2.26. The lowest BCUT2D eigenvalue weighted by molar-refractivity contribution is 0.0593. The first-order valence-corrected chi connectivity index (χ1v) is 17.4. The smallest absolute Gasteiger partial charge is 0.338 e. The number of esters is 2. The Morgan fingerprint density at radius 2 is 0.736 bits per heavy atom. The molecule has 5 nitrogen and oxygen atoms in total. The molecule has 8 rings (SSSR count). The van der Waals surface area contributed by atoms with Gasteiger partial charge >= 0.3 is 11.9 Å². The maximum Gasteiger partial charge on any atom is 0.338 e. The molecule has 0 spiro atoms. The van der Waals surface area contributed by atoms with Crippen molar-refractivity contribution in [2.75, 3.05) is 19.1 Å². The van der Waals surface area contributed by atoms with Gasteiger partial charge in [0.25, 0.3) is 0 Å². The van der Waals surface area contributed by atoms with Crippen molar-refractivity contribution >= 4 is 50.5 Å². The Hall–Kier alpha value is -6.98. The van der Waals surface area contributed by atoms with Gasteiger partial charge in [-0.25, -0.2) is 9.59 Å². The first kappa shape index (κ1) is 33.2. The van der Waals surface area contributed by atoms with Gasteiger partial charge in [-0.15, -0.1) is 0 Å². The molecule has 0 bridgehead atoms. The maximum atomic E-state index is 12.9. The molecule has 0 heterocycles. The number of hydrogen-bond acceptors (Lipinski definition) is 5. The van der Waals surface area contributed by atoms with Crippen LogP contribution >= 0.6 is 0 Å². The van der Waals surface area contributed by atoms with Crippen molar-refractivity contribution < 1.29 is 19.1 Å². The van der Waals surface area contributed by atoms with E-state index in [9.17, 15) is 9.59 Å². The average molecular weight is 690 g/mol. The lowest BCUT2D eigenvalue weighted by atomic mass is 9.92. The number of carbonyl (C=O) groups is 2. The summed E-state index contributed by atoms with van der Waals surface area (Å²) < 4.78 is 10.4. The van der Waals surface area contributed by atoms with Gasteiger partial charge in [0.2, 0.25) is 0 Å². The van der Waals surface area contributed by atoms with Crippen molar-refractivity contribution in [2.24, 2.45) is 0 Å². The summed E-state index contributed by atoms with van der Waals surface area (Å²) in [4.78, 5) is 28.1. The van der Waals surface area contributed by atoms with E-state index >= 15 is 0 Å². The molecule has 0 aliphatic carbocycles. The number of benzene rings is 8. The molecule has 0 atom stereocenters. The van der Waals surface area contributed by atoms with E-state index in [0.717, 1.165) is 72.0 Å². The molecular weight excluding hydrogens is 655 g/mol. The van der Waals surface area contributed by atoms with Crippen LogP contribution < -0.4 is 4.90 Å². The summed E-state index contributed by atoms with van der Waals surface area (Å²) in [7, 11) is 2.82. The van der Waals surface area contributed by atoms with Gasteiger partial charge in [-0.3, -0.25) is 0 Å². The topological polar surface area (TPSA) is 55.8 Å². The summed E-state index contributed by atoms with van der Waals surface area (Å²) >= 11 is 0. The third-order valence-corrected chi connectivity index (χ3v) is 9.73. The number of carbonyl (C=O) groups excluding carboxylic acids is 2. The van der Waals surface area contributed by atoms with Crippen molar-refractivity contribution in [3.05, 3.63) is 187 Å². The van der Waals surface area contributed by atoms with Crippen molar-refractivity contribution in [1.29, 1.82) is 0 Å². The molecule has 5 heteroatoms. The molecule has 0 saturated heterocycles. The van der Waals surface area contributed by atoms with Gasteiger partial charge in [-0.1, -0.05) is 127 Å². The van der Waals surface area contributed by atoms with Crippen molar-refractivity contribution in [3.8, 4) is 33.4 Å². The largest absolute Gasteiger partial charge is 0.465 e. The van der Waals surface area contributed by atoms with Gasteiger partial charge in [-0.05, 0) is 92.3 Å². The molecule has 0 aliphatic rings. The van der Waals surface area contributed by atoms with Crippen LogP contribution in [0.3, 0.4) is 0 Å². The van der Waals surface area contributed by atoms with E-state index in [1.807, 2.05) is 91.0 Å². The third-order valence-electron chi connectivity index (χ3n) is 9.73. The molecule has 0 aromatic heterocycles. The minimum Gasteiger partial charge on any atom is -0.465 e. The number of hydrogen-bond donors (Lipinski definition) is 0. The minimum atomic E-state index is -0.378. The van der Waals surface area contributed by atoms with Crippen LogP contribution in [0.2, 0.25) is 0 Å². The molecular formula is C48H35NO4. The van der Waals surface area contributed by atoms with Crippen LogP contribution in [-0.2, 0) is 9.47 Å². The Morgan fingerprint density at radius 1 is 0.377 bits per heavy atom. The highest BCUT2D eigenvalue weighted by Crippen LogP contribution is 2.40. The molecule has 0 saturated carbocycles. The molecule has 0 N–H and O–H groups in total. The highest BCUT2D eigenvalue weighted by molar-refractivity contribution is 6.09. The zero-order valence-electron chi connectivity index (χ0n) is 29.3. The normalized spacial score (nSPS) is 11.0. The quantitative estimate of drug-likeness (QED) is 0.149. The first-order chi connectivity index (χ1) is 26.0. The highest BCUT2D eigenvalue weighted by atomic mass is 16.5. The second kappa shape index (κ2) is 14.3. The third kappa shape index (κ3) is 6.30. The van der Waals surface area contributed by atoms with Crippen LogP contribution in [0.1, 0.15) is 20.7 Å². The molecule has 8 aromatic rings. The average Bonchev–Trinajstić information content (AvgIpc) is 3.23. The van der Waals surface area contributed by atoms with E-state index in [1.54, 1.807) is 0 Å². The second-order valence-electron chi connectivity index (χ2n) is 12.7. The summed E-state index contributed by atoms with van der Waals surface area (Å²) in [6.07, 6.45) is 0. The fraction of sp³-hybridized carbons (Fsp3) is 0.0417. The van der Waals surface area contributed by atoms with E-state index in [2.05, 4.69) is 89.8 Å². The van der Waals surface area contributed by atoms with Gasteiger partial charge in [0.05, 0.1) is 25.3 Å². The van der Waals surface area contributed by atoms with Crippen molar-refractivity contribution in [3.63, 3.8) is 0 Å². The molecule has 256 valence electrons. The van der Waals surface area contributed by atoms with Gasteiger partial charge in [0.15, 0.2) is 0 Å². The Kier molecular flexibility index (Phi) is 8.97. The minimum absolute atomic E-state index is 0.378. The Morgan fingerprint density at radius 3 is 1.15 bits per heavy atom. The molecule has 0 aliphatic heterocycles. The summed E-state index contributed by atoms with van der Waals surface area (Å²) in [5.74, 6) is -0.756. The Balaban J connectivity index is 1.24. The summed E-state index contributed by atoms with van der Waals surface area (Å²) in [6.45, 7) is 0. The summed E-state index contributed by atoms with van der Waals surface area (Å²) in [5, 5.41) is 4.04. The Bertz CT molecular complexity index is 2450. The highest BCUT2D eigenvalue weighted by Gasteiger charge is 2.20. The predicted molar refractivity (Wildman–Crippen MR) is 215 cm³/mol. The molecule has 0 fully saturated rings. The van der Waals surface area contributed by atoms with Crippen LogP contribution in [0.4, 0.5) is 17.1 Å². The number of rotatable bonds is 8. The molecule has 0 amide bonds. The monoisotopic (exact) mass is 689 g/mol. The number of fused-ring (bicyclic) bond motifs is 2. The molecule has 0 radical (unpaired) electrons. The standard InChI is InChI=1S/C48H35NO4/c1-52-47(50)43-30-22-34-12-6-8-14-41(34)45(43)36-18-26-39(27-19-36)49(38-24-16-33(17-25-38)32-10-4-3-5-11-32)40-28-20-37(21-29-40)46-42-15-9-7-13-35(42)23-31-44(46)48(51)53-2/h3-31H,1-2H3. The van der Waals surface area contributed by atoms with Gasteiger partial charge in [-0.2, -0.15) is 0 Å². The Labute approximate surface area is 308 Å². The molecule has 0 unspecified atom stereocenters. The van der Waals surface area contributed by atoms with Crippen LogP contribution in [0.25, 0.3) is 54.9 Å². The zero-order chi connectivity index (χ0) is 36.3. The number of anilines is 3. The zero-order valence-corrected chi connectivity index (χ0v) is 29.3. The number of nitrogens with zero attached hydrogens (tertiary/aromatic N) is 1. The fourth-order valence-electron chi connectivity index (χ4n) is 7.16. The first-order valence-electron chi connectivity index (χ1n) is 17.4. The van der Waals surface area contributed by atoms with Crippen molar-refractivity contribution in [1.82, 2.24) is 0 Å². The summed E-state index contributed by atoms with van der Waals surface area (Å²) in [6, 6.07) is 59.1. The molecule has 53 heavy (non-hydrogen) atoms. The van der Waals surface area contributed by atoms with E-state index in [-0.39, 0.29) is 11.9 Å². The number of methoxy groups -OCH3 is 2. The summed E-state index contributed by atoms with van der Waals surface area (Å²) in [5.41, 5.74) is 9.64. The fourth-order valence-corrected chi connectivity index (χ4v) is 7.16. The van der Waals surface area contributed by atoms with Crippen LogP contribution in [0.5, 0.6) is 0 Å². The second-order valence-corrected chi connectivity index (χ2v) is 12.7. The predicted octanol–water partition coefficient (Wildman–Crippen LogP) is 12.0. The van der Waals surface area contributed by atoms with Crippen LogP contribution in [-0.4, -0.2) is 26.2 Å². The van der Waals surface area contributed by atoms with Gasteiger partial charge in [0.1, 0.15) is 0 Å². The van der Waals surface area contributed by atoms with E-state index in [1.165, 1.54) is 14.2 Å². The van der Waals surface area contributed by atoms with E-state index < -0.39 is 0 Å². The van der Waals surface area contributed by atoms with E-state index in [4.69, 9.17) is 9.47 Å². The SMILES string of the molecule is COC(=O)c1ccc2ccccc2c1-c1ccc(N(c2ccc(-c3ccccc3)cc2)c2ccc(-c3c(C(=O)OC)ccc4ccccc34)cc2)cc1. The maximum absolute atomic E-state index is 12.9. The van der Waals surface area contributed by atoms with Gasteiger partial charge in [0, 0.05) is 28.2 Å². The number of ether oxygens (including phenoxy) is 2. The molecule has 8 aromatic carbocycles. The van der Waals surface area contributed by atoms with Crippen molar-refractivity contribution in [2.45, 2.75) is 0 Å². The van der Waals surface area contributed by atoms with Gasteiger partial charge < -0.3 is 14.4 Å². The lowest BCUT2D eigenvalue weighted by Crippen LogP contribution is -2.10. The van der Waals surface area contributed by atoms with E-state index in [0.29, 0.717) is 11.1 Å². The van der Waals surface area contributed by atoms with Crippen LogP contribution in [0, 0.1) is 0 Å². The van der Waals surface area contributed by atoms with Crippen LogP contribution in [0.15, 0.2) is 176 Å².